The first kappa shape index (κ1) is 16.5. The summed E-state index contributed by atoms with van der Waals surface area (Å²) in [6.07, 6.45) is -0.335. The summed E-state index contributed by atoms with van der Waals surface area (Å²) >= 11 is 0. The van der Waals surface area contributed by atoms with Crippen LogP contribution in [0.5, 0.6) is 0 Å². The molecule has 9 heteroatoms. The van der Waals surface area contributed by atoms with Crippen molar-refractivity contribution in [3.63, 3.8) is 0 Å². The molecule has 0 aromatic heterocycles. The molecule has 0 saturated carbocycles. The molecule has 0 radical (unpaired) electrons. The van der Waals surface area contributed by atoms with Gasteiger partial charge in [0, 0.05) is 25.3 Å². The van der Waals surface area contributed by atoms with Gasteiger partial charge < -0.3 is 4.74 Å². The predicted octanol–water partition coefficient (Wildman–Crippen LogP) is 1.44. The number of nitro benzene ring substituents is 1. The van der Waals surface area contributed by atoms with Gasteiger partial charge in [-0.05, 0) is 19.9 Å². The SMILES string of the molecule is CCOC(C)CNS(=O)(=O)c1ccc([N+](=O)[O-])c(F)c1. The highest BCUT2D eigenvalue weighted by molar-refractivity contribution is 7.89. The maximum atomic E-state index is 13.4. The zero-order chi connectivity index (χ0) is 15.3. The third-order valence-corrected chi connectivity index (χ3v) is 3.86. The van der Waals surface area contributed by atoms with Crippen molar-refractivity contribution in [2.24, 2.45) is 0 Å². The lowest BCUT2D eigenvalue weighted by Crippen LogP contribution is -2.32. The van der Waals surface area contributed by atoms with Gasteiger partial charge in [0.1, 0.15) is 0 Å². The van der Waals surface area contributed by atoms with Crippen LogP contribution in [-0.4, -0.2) is 32.6 Å². The minimum atomic E-state index is -3.93. The summed E-state index contributed by atoms with van der Waals surface area (Å²) in [6, 6.07) is 2.41. The number of nitro groups is 1. The van der Waals surface area contributed by atoms with E-state index < -0.39 is 26.5 Å². The van der Waals surface area contributed by atoms with Crippen molar-refractivity contribution in [1.82, 2.24) is 4.72 Å². The van der Waals surface area contributed by atoms with E-state index in [0.717, 1.165) is 12.1 Å². The van der Waals surface area contributed by atoms with Crippen molar-refractivity contribution in [2.75, 3.05) is 13.2 Å². The molecule has 1 unspecified atom stereocenters. The van der Waals surface area contributed by atoms with Gasteiger partial charge >= 0.3 is 5.69 Å². The molecule has 0 heterocycles. The highest BCUT2D eigenvalue weighted by Gasteiger charge is 2.21. The van der Waals surface area contributed by atoms with Gasteiger partial charge in [0.05, 0.1) is 15.9 Å². The highest BCUT2D eigenvalue weighted by Crippen LogP contribution is 2.20. The largest absolute Gasteiger partial charge is 0.377 e. The van der Waals surface area contributed by atoms with Gasteiger partial charge in [0.25, 0.3) is 0 Å². The Kier molecular flexibility index (Phi) is 5.54. The minimum Gasteiger partial charge on any atom is -0.377 e. The zero-order valence-electron chi connectivity index (χ0n) is 11.0. The average Bonchev–Trinajstić information content (AvgIpc) is 2.36. The second-order valence-corrected chi connectivity index (χ2v) is 5.76. The summed E-state index contributed by atoms with van der Waals surface area (Å²) in [5.41, 5.74) is -0.772. The molecule has 0 bridgehead atoms. The second kappa shape index (κ2) is 6.73. The van der Waals surface area contributed by atoms with Gasteiger partial charge in [-0.3, -0.25) is 10.1 Å². The van der Waals surface area contributed by atoms with Crippen LogP contribution in [0.25, 0.3) is 0 Å². The summed E-state index contributed by atoms with van der Waals surface area (Å²) in [5, 5.41) is 10.5. The Labute approximate surface area is 115 Å². The van der Waals surface area contributed by atoms with Crippen LogP contribution in [0.4, 0.5) is 10.1 Å². The van der Waals surface area contributed by atoms with Gasteiger partial charge in [-0.1, -0.05) is 0 Å². The molecular weight excluding hydrogens is 291 g/mol. The van der Waals surface area contributed by atoms with Crippen molar-refractivity contribution in [1.29, 1.82) is 0 Å². The first-order chi connectivity index (χ1) is 9.27. The molecule has 0 aliphatic heterocycles. The van der Waals surface area contributed by atoms with E-state index in [2.05, 4.69) is 4.72 Å². The monoisotopic (exact) mass is 306 g/mol. The lowest BCUT2D eigenvalue weighted by molar-refractivity contribution is -0.387. The molecular formula is C11H15FN2O5S. The van der Waals surface area contributed by atoms with Gasteiger partial charge in [-0.25, -0.2) is 13.1 Å². The third-order valence-electron chi connectivity index (χ3n) is 2.44. The Morgan fingerprint density at radius 2 is 2.15 bits per heavy atom. The number of nitrogens with one attached hydrogen (secondary N) is 1. The van der Waals surface area contributed by atoms with Gasteiger partial charge in [-0.2, -0.15) is 4.39 Å². The summed E-state index contributed by atoms with van der Waals surface area (Å²) < 4.78 is 44.5. The van der Waals surface area contributed by atoms with Crippen molar-refractivity contribution in [3.05, 3.63) is 34.1 Å². The number of halogens is 1. The number of sulfonamides is 1. The van der Waals surface area contributed by atoms with Gasteiger partial charge in [0.2, 0.25) is 15.8 Å². The predicted molar refractivity (Wildman–Crippen MR) is 69.3 cm³/mol. The molecule has 1 N–H and O–H groups in total. The maximum Gasteiger partial charge on any atom is 0.304 e. The Balaban J connectivity index is 2.88. The molecule has 7 nitrogen and oxygen atoms in total. The lowest BCUT2D eigenvalue weighted by atomic mass is 10.3. The Hall–Kier alpha value is -1.58. The topological polar surface area (TPSA) is 98.5 Å². The molecule has 1 rings (SSSR count). The number of hydrogen-bond acceptors (Lipinski definition) is 5. The van der Waals surface area contributed by atoms with E-state index >= 15 is 0 Å². The van der Waals surface area contributed by atoms with Crippen molar-refractivity contribution in [2.45, 2.75) is 24.8 Å². The van der Waals surface area contributed by atoms with E-state index in [-0.39, 0.29) is 17.5 Å². The number of benzene rings is 1. The molecule has 1 aromatic rings. The number of nitrogens with zero attached hydrogens (tertiary/aromatic N) is 1. The van der Waals surface area contributed by atoms with Gasteiger partial charge in [0.15, 0.2) is 0 Å². The van der Waals surface area contributed by atoms with Crippen LogP contribution < -0.4 is 4.72 Å². The summed E-state index contributed by atoms with van der Waals surface area (Å²) in [5.74, 6) is -1.20. The maximum absolute atomic E-state index is 13.4. The highest BCUT2D eigenvalue weighted by atomic mass is 32.2. The van der Waals surface area contributed by atoms with Crippen LogP contribution in [0.3, 0.4) is 0 Å². The van der Waals surface area contributed by atoms with Crippen LogP contribution in [-0.2, 0) is 14.8 Å². The van der Waals surface area contributed by atoms with Crippen LogP contribution in [0.2, 0.25) is 0 Å². The van der Waals surface area contributed by atoms with Gasteiger partial charge in [-0.15, -0.1) is 0 Å². The Bertz CT molecular complexity index is 590. The van der Waals surface area contributed by atoms with Crippen molar-refractivity contribution in [3.8, 4) is 0 Å². The van der Waals surface area contributed by atoms with Crippen molar-refractivity contribution < 1.29 is 22.5 Å². The van der Waals surface area contributed by atoms with Crippen molar-refractivity contribution >= 4 is 15.7 Å². The lowest BCUT2D eigenvalue weighted by Gasteiger charge is -2.12. The fourth-order valence-corrected chi connectivity index (χ4v) is 2.58. The second-order valence-electron chi connectivity index (χ2n) is 3.99. The fraction of sp³-hybridized carbons (Fsp3) is 0.455. The Morgan fingerprint density at radius 1 is 1.50 bits per heavy atom. The molecule has 0 amide bonds. The molecule has 20 heavy (non-hydrogen) atoms. The molecule has 1 aromatic carbocycles. The van der Waals surface area contributed by atoms with Crippen LogP contribution in [0, 0.1) is 15.9 Å². The van der Waals surface area contributed by atoms with E-state index in [1.54, 1.807) is 13.8 Å². The number of hydrogen-bond donors (Lipinski definition) is 1. The standard InChI is InChI=1S/C11H15FN2O5S/c1-3-19-8(2)7-13-20(17,18)9-4-5-11(14(15)16)10(12)6-9/h4-6,8,13H,3,7H2,1-2H3. The smallest absolute Gasteiger partial charge is 0.304 e. The molecule has 0 fully saturated rings. The first-order valence-corrected chi connectivity index (χ1v) is 7.31. The molecule has 0 aliphatic carbocycles. The molecule has 0 spiro atoms. The number of rotatable bonds is 7. The zero-order valence-corrected chi connectivity index (χ0v) is 11.8. The molecule has 112 valence electrons. The Morgan fingerprint density at radius 3 is 2.65 bits per heavy atom. The van der Waals surface area contributed by atoms with E-state index in [9.17, 15) is 22.9 Å². The van der Waals surface area contributed by atoms with Crippen LogP contribution in [0.1, 0.15) is 13.8 Å². The molecule has 0 saturated heterocycles. The third kappa shape index (κ3) is 4.22. The fourth-order valence-electron chi connectivity index (χ4n) is 1.46. The average molecular weight is 306 g/mol. The molecule has 1 atom stereocenters. The van der Waals surface area contributed by atoms with Crippen LogP contribution >= 0.6 is 0 Å². The van der Waals surface area contributed by atoms with Crippen LogP contribution in [0.15, 0.2) is 23.1 Å². The van der Waals surface area contributed by atoms with E-state index in [1.165, 1.54) is 0 Å². The van der Waals surface area contributed by atoms with E-state index in [1.807, 2.05) is 0 Å². The molecule has 0 aliphatic rings. The normalized spacial score (nSPS) is 13.2. The van der Waals surface area contributed by atoms with E-state index in [0.29, 0.717) is 12.7 Å². The summed E-state index contributed by atoms with van der Waals surface area (Å²) in [6.45, 7) is 3.92. The quantitative estimate of drug-likeness (QED) is 0.607. The summed E-state index contributed by atoms with van der Waals surface area (Å²) in [7, 11) is -3.93. The summed E-state index contributed by atoms with van der Waals surface area (Å²) in [4.78, 5) is 9.16. The first-order valence-electron chi connectivity index (χ1n) is 5.83. The number of ether oxygens (including phenoxy) is 1. The minimum absolute atomic E-state index is 0.0226. The van der Waals surface area contributed by atoms with E-state index in [4.69, 9.17) is 4.74 Å².